The molecule has 2 unspecified atom stereocenters. The van der Waals surface area contributed by atoms with Gasteiger partial charge in [-0.3, -0.25) is 0 Å². The molecule has 1 rings (SSSR count). The van der Waals surface area contributed by atoms with Gasteiger partial charge in [0, 0.05) is 12.1 Å². The number of nitrogens with one attached hydrogen (secondary N) is 1. The topological polar surface area (TPSA) is 30.5 Å². The van der Waals surface area contributed by atoms with Crippen molar-refractivity contribution in [3.63, 3.8) is 0 Å². The number of ether oxygens (including phenoxy) is 2. The zero-order valence-electron chi connectivity index (χ0n) is 12.6. The van der Waals surface area contributed by atoms with Gasteiger partial charge in [-0.1, -0.05) is 6.58 Å². The molecule has 3 heteroatoms. The second kappa shape index (κ2) is 6.69. The van der Waals surface area contributed by atoms with Crippen LogP contribution < -0.4 is 5.32 Å². The van der Waals surface area contributed by atoms with Crippen molar-refractivity contribution in [3.8, 4) is 0 Å². The van der Waals surface area contributed by atoms with E-state index in [1.165, 1.54) is 0 Å². The molecule has 0 aromatic heterocycles. The van der Waals surface area contributed by atoms with Crippen molar-refractivity contribution >= 4 is 0 Å². The van der Waals surface area contributed by atoms with Gasteiger partial charge in [-0.25, -0.2) is 0 Å². The Bertz CT molecular complexity index is 260. The molecule has 3 nitrogen and oxygen atoms in total. The van der Waals surface area contributed by atoms with E-state index in [-0.39, 0.29) is 5.54 Å². The van der Waals surface area contributed by atoms with Crippen LogP contribution in [0.25, 0.3) is 0 Å². The summed E-state index contributed by atoms with van der Waals surface area (Å²) in [6.07, 6.45) is 2.91. The largest absolute Gasteiger partial charge is 0.375 e. The predicted molar refractivity (Wildman–Crippen MR) is 75.9 cm³/mol. The van der Waals surface area contributed by atoms with Crippen molar-refractivity contribution in [2.45, 2.75) is 71.3 Å². The maximum atomic E-state index is 5.93. The smallest absolute Gasteiger partial charge is 0.0690 e. The minimum Gasteiger partial charge on any atom is -0.375 e. The minimum atomic E-state index is 0.130. The van der Waals surface area contributed by atoms with Crippen molar-refractivity contribution in [1.29, 1.82) is 0 Å². The van der Waals surface area contributed by atoms with Gasteiger partial charge in [0.15, 0.2) is 0 Å². The van der Waals surface area contributed by atoms with Crippen LogP contribution in [-0.4, -0.2) is 37.0 Å². The fourth-order valence-electron chi connectivity index (χ4n) is 2.16. The number of hydrogen-bond donors (Lipinski definition) is 1. The van der Waals surface area contributed by atoms with Crippen LogP contribution in [0.5, 0.6) is 0 Å². The van der Waals surface area contributed by atoms with E-state index in [2.05, 4.69) is 46.5 Å². The molecule has 0 amide bonds. The summed E-state index contributed by atoms with van der Waals surface area (Å²) in [6.45, 7) is 16.2. The van der Waals surface area contributed by atoms with Crippen molar-refractivity contribution in [2.24, 2.45) is 0 Å². The summed E-state index contributed by atoms with van der Waals surface area (Å²) in [6, 6.07) is 0. The summed E-state index contributed by atoms with van der Waals surface area (Å²) in [4.78, 5) is 0. The standard InChI is InChI=1S/C15H29NO2/c1-11(9-16-15(4,5)6)10-17-14-7-12(2)18-13(3)8-14/h12-14,16H,1,7-10H2,2-6H3. The maximum Gasteiger partial charge on any atom is 0.0690 e. The minimum absolute atomic E-state index is 0.130. The number of rotatable bonds is 5. The lowest BCUT2D eigenvalue weighted by molar-refractivity contribution is -0.0979. The van der Waals surface area contributed by atoms with Crippen LogP contribution in [-0.2, 0) is 9.47 Å². The molecule has 0 aromatic rings. The molecule has 1 fully saturated rings. The first-order valence-electron chi connectivity index (χ1n) is 6.95. The summed E-state index contributed by atoms with van der Waals surface area (Å²) in [5.74, 6) is 0. The molecule has 0 radical (unpaired) electrons. The van der Waals surface area contributed by atoms with Gasteiger partial charge in [-0.05, 0) is 53.0 Å². The van der Waals surface area contributed by atoms with Gasteiger partial charge < -0.3 is 14.8 Å². The van der Waals surface area contributed by atoms with Crippen molar-refractivity contribution in [2.75, 3.05) is 13.2 Å². The van der Waals surface area contributed by atoms with Crippen molar-refractivity contribution < 1.29 is 9.47 Å². The molecular formula is C15H29NO2. The number of hydrogen-bond acceptors (Lipinski definition) is 3. The Morgan fingerprint density at radius 1 is 1.28 bits per heavy atom. The van der Waals surface area contributed by atoms with Gasteiger partial charge in [0.1, 0.15) is 0 Å². The third kappa shape index (κ3) is 6.53. The van der Waals surface area contributed by atoms with Crippen LogP contribution in [0, 0.1) is 0 Å². The Kier molecular flexibility index (Phi) is 5.83. The van der Waals surface area contributed by atoms with Gasteiger partial charge >= 0.3 is 0 Å². The maximum absolute atomic E-state index is 5.93. The van der Waals surface area contributed by atoms with E-state index in [0.717, 1.165) is 25.0 Å². The molecule has 0 aliphatic carbocycles. The fraction of sp³-hybridized carbons (Fsp3) is 0.867. The van der Waals surface area contributed by atoms with E-state index in [0.29, 0.717) is 24.9 Å². The highest BCUT2D eigenvalue weighted by Crippen LogP contribution is 2.21. The third-order valence-corrected chi connectivity index (χ3v) is 3.05. The molecular weight excluding hydrogens is 226 g/mol. The van der Waals surface area contributed by atoms with E-state index >= 15 is 0 Å². The molecule has 0 spiro atoms. The summed E-state index contributed by atoms with van der Waals surface area (Å²) in [5.41, 5.74) is 1.24. The second-order valence-corrected chi connectivity index (χ2v) is 6.52. The van der Waals surface area contributed by atoms with E-state index in [9.17, 15) is 0 Å². The molecule has 0 aromatic carbocycles. The summed E-state index contributed by atoms with van der Waals surface area (Å²) >= 11 is 0. The Labute approximate surface area is 112 Å². The fourth-order valence-corrected chi connectivity index (χ4v) is 2.16. The zero-order chi connectivity index (χ0) is 13.8. The molecule has 106 valence electrons. The zero-order valence-corrected chi connectivity index (χ0v) is 12.6. The van der Waals surface area contributed by atoms with Gasteiger partial charge in [-0.15, -0.1) is 0 Å². The molecule has 0 bridgehead atoms. The Hall–Kier alpha value is -0.380. The highest BCUT2D eigenvalue weighted by Gasteiger charge is 2.24. The monoisotopic (exact) mass is 255 g/mol. The Morgan fingerprint density at radius 2 is 1.83 bits per heavy atom. The third-order valence-electron chi connectivity index (χ3n) is 3.05. The van der Waals surface area contributed by atoms with E-state index in [1.54, 1.807) is 0 Å². The highest BCUT2D eigenvalue weighted by molar-refractivity contribution is 4.98. The molecule has 0 saturated carbocycles. The molecule has 1 N–H and O–H groups in total. The first kappa shape index (κ1) is 15.7. The average Bonchev–Trinajstić information content (AvgIpc) is 2.21. The summed E-state index contributed by atoms with van der Waals surface area (Å²) in [5, 5.41) is 3.42. The van der Waals surface area contributed by atoms with Crippen LogP contribution in [0.1, 0.15) is 47.5 Å². The van der Waals surface area contributed by atoms with Crippen molar-refractivity contribution in [3.05, 3.63) is 12.2 Å². The van der Waals surface area contributed by atoms with Crippen molar-refractivity contribution in [1.82, 2.24) is 5.32 Å². The molecule has 18 heavy (non-hydrogen) atoms. The molecule has 1 aliphatic heterocycles. The summed E-state index contributed by atoms with van der Waals surface area (Å²) < 4.78 is 11.6. The van der Waals surface area contributed by atoms with Gasteiger partial charge in [-0.2, -0.15) is 0 Å². The molecule has 1 saturated heterocycles. The highest BCUT2D eigenvalue weighted by atomic mass is 16.5. The summed E-state index contributed by atoms with van der Waals surface area (Å²) in [7, 11) is 0. The Balaban J connectivity index is 2.21. The molecule has 1 aliphatic rings. The molecule has 2 atom stereocenters. The first-order chi connectivity index (χ1) is 8.26. The lowest BCUT2D eigenvalue weighted by Crippen LogP contribution is -2.38. The van der Waals surface area contributed by atoms with Crippen LogP contribution in [0.2, 0.25) is 0 Å². The molecule has 1 heterocycles. The van der Waals surface area contributed by atoms with Crippen LogP contribution >= 0.6 is 0 Å². The quantitative estimate of drug-likeness (QED) is 0.766. The van der Waals surface area contributed by atoms with Gasteiger partial charge in [0.2, 0.25) is 0 Å². The predicted octanol–water partition coefficient (Wildman–Crippen LogP) is 2.90. The first-order valence-corrected chi connectivity index (χ1v) is 6.95. The van der Waals surface area contributed by atoms with Crippen LogP contribution in [0.3, 0.4) is 0 Å². The average molecular weight is 255 g/mol. The normalized spacial score (nSPS) is 29.3. The van der Waals surface area contributed by atoms with E-state index in [4.69, 9.17) is 9.47 Å². The van der Waals surface area contributed by atoms with E-state index in [1.807, 2.05) is 0 Å². The Morgan fingerprint density at radius 3 is 2.33 bits per heavy atom. The van der Waals surface area contributed by atoms with Gasteiger partial charge in [0.25, 0.3) is 0 Å². The van der Waals surface area contributed by atoms with E-state index < -0.39 is 0 Å². The second-order valence-electron chi connectivity index (χ2n) is 6.52. The lowest BCUT2D eigenvalue weighted by atomic mass is 10.0. The van der Waals surface area contributed by atoms with Gasteiger partial charge in [0.05, 0.1) is 24.9 Å². The van der Waals surface area contributed by atoms with Crippen LogP contribution in [0.4, 0.5) is 0 Å². The van der Waals surface area contributed by atoms with Crippen LogP contribution in [0.15, 0.2) is 12.2 Å². The SMILES string of the molecule is C=C(CNC(C)(C)C)COC1CC(C)OC(C)C1. The lowest BCUT2D eigenvalue weighted by Gasteiger charge is -2.32.